The van der Waals surface area contributed by atoms with Crippen LogP contribution in [0, 0.1) is 6.92 Å². The van der Waals surface area contributed by atoms with Crippen LogP contribution in [-0.4, -0.2) is 17.7 Å². The van der Waals surface area contributed by atoms with Crippen molar-refractivity contribution in [3.63, 3.8) is 0 Å². The van der Waals surface area contributed by atoms with Gasteiger partial charge < -0.3 is 4.90 Å². The van der Waals surface area contributed by atoms with Crippen molar-refractivity contribution in [1.82, 2.24) is 0 Å². The molecule has 0 saturated carbocycles. The summed E-state index contributed by atoms with van der Waals surface area (Å²) in [4.78, 5) is 13.5. The van der Waals surface area contributed by atoms with Gasteiger partial charge in [-0.2, -0.15) is 12.6 Å². The fourth-order valence-electron chi connectivity index (χ4n) is 1.79. The van der Waals surface area contributed by atoms with Crippen molar-refractivity contribution in [2.24, 2.45) is 0 Å². The average molecular weight is 286 g/mol. The Morgan fingerprint density at radius 1 is 1.53 bits per heavy atom. The van der Waals surface area contributed by atoms with E-state index >= 15 is 0 Å². The molecule has 1 aliphatic heterocycles. The summed E-state index contributed by atoms with van der Waals surface area (Å²) < 4.78 is 0.999. The zero-order chi connectivity index (χ0) is 11.0. The molecule has 1 aromatic rings. The summed E-state index contributed by atoms with van der Waals surface area (Å²) in [6.07, 6.45) is 0.537. The number of rotatable bonds is 1. The number of amides is 1. The van der Waals surface area contributed by atoms with E-state index in [0.717, 1.165) is 15.7 Å². The summed E-state index contributed by atoms with van der Waals surface area (Å²) in [5, 5.41) is 0.163. The lowest BCUT2D eigenvalue weighted by Gasteiger charge is -2.18. The molecule has 1 fully saturated rings. The van der Waals surface area contributed by atoms with Gasteiger partial charge >= 0.3 is 0 Å². The van der Waals surface area contributed by atoms with Gasteiger partial charge in [0.05, 0.1) is 0 Å². The predicted molar refractivity (Wildman–Crippen MR) is 68.6 cm³/mol. The third-order valence-corrected chi connectivity index (χ3v) is 3.41. The Bertz CT molecular complexity index is 408. The summed E-state index contributed by atoms with van der Waals surface area (Å²) in [7, 11) is 0. The minimum absolute atomic E-state index is 0.163. The van der Waals surface area contributed by atoms with E-state index in [1.807, 2.05) is 30.0 Å². The van der Waals surface area contributed by atoms with E-state index in [0.29, 0.717) is 13.0 Å². The lowest BCUT2D eigenvalue weighted by atomic mass is 10.2. The van der Waals surface area contributed by atoms with Crippen molar-refractivity contribution in [1.29, 1.82) is 0 Å². The molecule has 1 saturated heterocycles. The molecule has 0 aromatic heterocycles. The molecule has 0 N–H and O–H groups in total. The maximum atomic E-state index is 11.7. The summed E-state index contributed by atoms with van der Waals surface area (Å²) in [5.74, 6) is 0.163. The highest BCUT2D eigenvalue weighted by Gasteiger charge is 2.29. The van der Waals surface area contributed by atoms with Crippen molar-refractivity contribution in [2.45, 2.75) is 18.6 Å². The third-order valence-electron chi connectivity index (χ3n) is 2.57. The summed E-state index contributed by atoms with van der Waals surface area (Å²) in [5.41, 5.74) is 2.11. The normalized spacial score (nSPS) is 21.1. The van der Waals surface area contributed by atoms with Crippen molar-refractivity contribution in [2.75, 3.05) is 11.4 Å². The fourth-order valence-corrected chi connectivity index (χ4v) is 2.46. The molecule has 1 unspecified atom stereocenters. The van der Waals surface area contributed by atoms with Gasteiger partial charge in [0.25, 0.3) is 0 Å². The molecule has 1 aliphatic rings. The number of aryl methyl sites for hydroxylation is 1. The molecule has 2 rings (SSSR count). The summed E-state index contributed by atoms with van der Waals surface area (Å²) in [6, 6.07) is 5.98. The first-order valence-electron chi connectivity index (χ1n) is 4.82. The van der Waals surface area contributed by atoms with Crippen LogP contribution in [0.25, 0.3) is 0 Å². The Kier molecular flexibility index (Phi) is 3.07. The van der Waals surface area contributed by atoms with Gasteiger partial charge in [-0.25, -0.2) is 0 Å². The second-order valence-corrected chi connectivity index (χ2v) is 5.44. The SMILES string of the molecule is Cc1ccc(Br)cc1N1CC(S)CC1=O. The fraction of sp³-hybridized carbons (Fsp3) is 0.364. The van der Waals surface area contributed by atoms with Gasteiger partial charge in [0.2, 0.25) is 5.91 Å². The first-order valence-corrected chi connectivity index (χ1v) is 6.13. The van der Waals surface area contributed by atoms with Crippen LogP contribution in [0.15, 0.2) is 22.7 Å². The van der Waals surface area contributed by atoms with Crippen molar-refractivity contribution in [3.05, 3.63) is 28.2 Å². The first-order chi connectivity index (χ1) is 7.08. The largest absolute Gasteiger partial charge is 0.311 e. The van der Waals surface area contributed by atoms with Crippen LogP contribution in [0.3, 0.4) is 0 Å². The second kappa shape index (κ2) is 4.18. The van der Waals surface area contributed by atoms with Crippen LogP contribution < -0.4 is 4.90 Å². The Balaban J connectivity index is 2.37. The average Bonchev–Trinajstić information content (AvgIpc) is 2.50. The molecular weight excluding hydrogens is 274 g/mol. The Morgan fingerprint density at radius 3 is 2.87 bits per heavy atom. The molecule has 1 heterocycles. The smallest absolute Gasteiger partial charge is 0.228 e. The molecule has 1 atom stereocenters. The van der Waals surface area contributed by atoms with E-state index in [4.69, 9.17) is 0 Å². The van der Waals surface area contributed by atoms with Crippen LogP contribution in [0.2, 0.25) is 0 Å². The number of carbonyl (C=O) groups excluding carboxylic acids is 1. The molecule has 15 heavy (non-hydrogen) atoms. The highest BCUT2D eigenvalue weighted by atomic mass is 79.9. The highest BCUT2D eigenvalue weighted by Crippen LogP contribution is 2.29. The van der Waals surface area contributed by atoms with E-state index < -0.39 is 0 Å². The summed E-state index contributed by atoms with van der Waals surface area (Å²) >= 11 is 7.77. The number of carbonyl (C=O) groups is 1. The maximum Gasteiger partial charge on any atom is 0.228 e. The molecular formula is C11H12BrNOS. The minimum Gasteiger partial charge on any atom is -0.311 e. The van der Waals surface area contributed by atoms with E-state index in [9.17, 15) is 4.79 Å². The van der Waals surface area contributed by atoms with E-state index in [1.54, 1.807) is 0 Å². The molecule has 0 aliphatic carbocycles. The quantitative estimate of drug-likeness (QED) is 0.787. The van der Waals surface area contributed by atoms with Gasteiger partial charge in [0.15, 0.2) is 0 Å². The van der Waals surface area contributed by atoms with E-state index in [2.05, 4.69) is 28.6 Å². The van der Waals surface area contributed by atoms with Crippen molar-refractivity contribution in [3.8, 4) is 0 Å². The number of anilines is 1. The van der Waals surface area contributed by atoms with Gasteiger partial charge in [0, 0.05) is 28.4 Å². The number of thiol groups is 1. The Hall–Kier alpha value is -0.480. The van der Waals surface area contributed by atoms with Crippen LogP contribution in [0.5, 0.6) is 0 Å². The van der Waals surface area contributed by atoms with Gasteiger partial charge in [-0.3, -0.25) is 4.79 Å². The number of halogens is 1. The molecule has 0 bridgehead atoms. The molecule has 0 spiro atoms. The lowest BCUT2D eigenvalue weighted by molar-refractivity contribution is -0.117. The Morgan fingerprint density at radius 2 is 2.27 bits per heavy atom. The molecule has 4 heteroatoms. The number of hydrogen-bond acceptors (Lipinski definition) is 2. The topological polar surface area (TPSA) is 20.3 Å². The van der Waals surface area contributed by atoms with Gasteiger partial charge in [-0.05, 0) is 24.6 Å². The van der Waals surface area contributed by atoms with Crippen LogP contribution in [0.4, 0.5) is 5.69 Å². The molecule has 1 amide bonds. The van der Waals surface area contributed by atoms with Gasteiger partial charge in [-0.15, -0.1) is 0 Å². The summed E-state index contributed by atoms with van der Waals surface area (Å²) in [6.45, 7) is 2.72. The Labute approximate surface area is 103 Å². The second-order valence-electron chi connectivity index (χ2n) is 3.79. The number of benzene rings is 1. The van der Waals surface area contributed by atoms with E-state index in [-0.39, 0.29) is 11.2 Å². The van der Waals surface area contributed by atoms with Crippen molar-refractivity contribution < 1.29 is 4.79 Å². The molecule has 0 radical (unpaired) electrons. The van der Waals surface area contributed by atoms with Crippen molar-refractivity contribution >= 4 is 40.2 Å². The standard InChI is InChI=1S/C11H12BrNOS/c1-7-2-3-8(12)4-10(7)13-6-9(15)5-11(13)14/h2-4,9,15H,5-6H2,1H3. The van der Waals surface area contributed by atoms with Gasteiger partial charge in [-0.1, -0.05) is 22.0 Å². The lowest BCUT2D eigenvalue weighted by Crippen LogP contribution is -2.25. The number of hydrogen-bond donors (Lipinski definition) is 1. The number of nitrogens with zero attached hydrogens (tertiary/aromatic N) is 1. The monoisotopic (exact) mass is 285 g/mol. The zero-order valence-corrected chi connectivity index (χ0v) is 10.9. The first kappa shape index (κ1) is 11.0. The van der Waals surface area contributed by atoms with Crippen LogP contribution in [-0.2, 0) is 4.79 Å². The molecule has 2 nitrogen and oxygen atoms in total. The predicted octanol–water partition coefficient (Wildman–Crippen LogP) is 2.79. The molecule has 1 aromatic carbocycles. The zero-order valence-electron chi connectivity index (χ0n) is 8.40. The van der Waals surface area contributed by atoms with Crippen LogP contribution in [0.1, 0.15) is 12.0 Å². The van der Waals surface area contributed by atoms with Crippen LogP contribution >= 0.6 is 28.6 Å². The van der Waals surface area contributed by atoms with Gasteiger partial charge in [0.1, 0.15) is 0 Å². The third kappa shape index (κ3) is 2.21. The minimum atomic E-state index is 0.163. The highest BCUT2D eigenvalue weighted by molar-refractivity contribution is 9.10. The maximum absolute atomic E-state index is 11.7. The van der Waals surface area contributed by atoms with E-state index in [1.165, 1.54) is 0 Å². The molecule has 80 valence electrons.